The number of ether oxygens (including phenoxy) is 1. The summed E-state index contributed by atoms with van der Waals surface area (Å²) in [6.45, 7) is -0.241. The van der Waals surface area contributed by atoms with Gasteiger partial charge in [-0.05, 0) is 6.07 Å². The first kappa shape index (κ1) is 13.4. The molecule has 0 fully saturated rings. The zero-order chi connectivity index (χ0) is 13.1. The van der Waals surface area contributed by atoms with Crippen LogP contribution >= 0.6 is 34.8 Å². The molecule has 1 heterocycles. The minimum atomic E-state index is -0.241. The number of aliphatic hydroxyl groups excluding tert-OH is 1. The number of nitrogens with zero attached hydrogens (tertiary/aromatic N) is 2. The summed E-state index contributed by atoms with van der Waals surface area (Å²) in [4.78, 5) is 7.69. The lowest BCUT2D eigenvalue weighted by atomic mass is 10.3. The molecule has 1 aromatic carbocycles. The van der Waals surface area contributed by atoms with Crippen LogP contribution in [0.15, 0.2) is 24.7 Å². The van der Waals surface area contributed by atoms with Gasteiger partial charge >= 0.3 is 0 Å². The average molecular weight is 306 g/mol. The minimum absolute atomic E-state index is 0.216. The highest BCUT2D eigenvalue weighted by molar-refractivity contribution is 6.43. The molecule has 0 aliphatic rings. The van der Waals surface area contributed by atoms with Crippen LogP contribution in [-0.4, -0.2) is 15.1 Å². The number of hydrogen-bond acceptors (Lipinski definition) is 4. The molecule has 0 bridgehead atoms. The highest BCUT2D eigenvalue weighted by Crippen LogP contribution is 2.36. The fraction of sp³-hybridized carbons (Fsp3) is 0.0909. The first-order valence-electron chi connectivity index (χ1n) is 4.84. The highest BCUT2D eigenvalue weighted by Gasteiger charge is 2.11. The van der Waals surface area contributed by atoms with Crippen molar-refractivity contribution in [1.29, 1.82) is 0 Å². The second-order valence-electron chi connectivity index (χ2n) is 3.31. The molecule has 2 rings (SSSR count). The predicted molar refractivity (Wildman–Crippen MR) is 69.5 cm³/mol. The molecule has 0 saturated carbocycles. The van der Waals surface area contributed by atoms with E-state index in [0.29, 0.717) is 26.4 Å². The third-order valence-electron chi connectivity index (χ3n) is 2.10. The van der Waals surface area contributed by atoms with Crippen LogP contribution in [0.4, 0.5) is 0 Å². The van der Waals surface area contributed by atoms with Crippen LogP contribution in [0.1, 0.15) is 5.56 Å². The van der Waals surface area contributed by atoms with E-state index in [1.54, 1.807) is 0 Å². The number of aliphatic hydroxyl groups is 1. The third kappa shape index (κ3) is 2.84. The van der Waals surface area contributed by atoms with Gasteiger partial charge in [-0.15, -0.1) is 0 Å². The molecule has 0 amide bonds. The summed E-state index contributed by atoms with van der Waals surface area (Å²) < 4.78 is 5.48. The molecule has 0 atom stereocenters. The van der Waals surface area contributed by atoms with E-state index >= 15 is 0 Å². The Morgan fingerprint density at radius 1 is 1.11 bits per heavy atom. The summed E-state index contributed by atoms with van der Waals surface area (Å²) in [6, 6.07) is 2.95. The van der Waals surface area contributed by atoms with Crippen molar-refractivity contribution in [3.05, 3.63) is 45.3 Å². The second kappa shape index (κ2) is 5.71. The molecule has 94 valence electrons. The van der Waals surface area contributed by atoms with E-state index in [-0.39, 0.29) is 12.5 Å². The Hall–Kier alpha value is -1.07. The second-order valence-corrected chi connectivity index (χ2v) is 4.53. The van der Waals surface area contributed by atoms with Crippen molar-refractivity contribution in [3.63, 3.8) is 0 Å². The summed E-state index contributed by atoms with van der Waals surface area (Å²) in [5.74, 6) is 0.521. The van der Waals surface area contributed by atoms with Crippen LogP contribution in [0.5, 0.6) is 11.6 Å². The molecule has 7 heteroatoms. The Morgan fingerprint density at radius 2 is 1.83 bits per heavy atom. The molecule has 0 radical (unpaired) electrons. The molecule has 0 unspecified atom stereocenters. The lowest BCUT2D eigenvalue weighted by Gasteiger charge is -2.10. The molecule has 0 saturated heterocycles. The van der Waals surface area contributed by atoms with E-state index in [9.17, 15) is 0 Å². The summed E-state index contributed by atoms with van der Waals surface area (Å²) >= 11 is 17.7. The van der Waals surface area contributed by atoms with Crippen molar-refractivity contribution >= 4 is 34.8 Å². The smallest absolute Gasteiger partial charge is 0.227 e. The molecule has 1 aromatic heterocycles. The molecule has 4 nitrogen and oxygen atoms in total. The highest BCUT2D eigenvalue weighted by atomic mass is 35.5. The van der Waals surface area contributed by atoms with Crippen molar-refractivity contribution in [2.24, 2.45) is 0 Å². The number of aromatic nitrogens is 2. The van der Waals surface area contributed by atoms with Crippen LogP contribution in [0, 0.1) is 0 Å². The Labute approximate surface area is 118 Å². The van der Waals surface area contributed by atoms with E-state index in [0.717, 1.165) is 0 Å². The van der Waals surface area contributed by atoms with Gasteiger partial charge in [0.1, 0.15) is 12.1 Å². The van der Waals surface area contributed by atoms with Gasteiger partial charge in [-0.2, -0.15) is 0 Å². The van der Waals surface area contributed by atoms with E-state index in [4.69, 9.17) is 44.6 Å². The third-order valence-corrected chi connectivity index (χ3v) is 3.12. The average Bonchev–Trinajstić information content (AvgIpc) is 2.36. The maximum absolute atomic E-state index is 9.12. The lowest BCUT2D eigenvalue weighted by Crippen LogP contribution is -1.96. The van der Waals surface area contributed by atoms with Gasteiger partial charge in [-0.25, -0.2) is 9.97 Å². The number of halogens is 3. The van der Waals surface area contributed by atoms with Crippen molar-refractivity contribution < 1.29 is 9.84 Å². The van der Waals surface area contributed by atoms with Gasteiger partial charge < -0.3 is 9.84 Å². The van der Waals surface area contributed by atoms with Crippen LogP contribution in [0.2, 0.25) is 15.1 Å². The van der Waals surface area contributed by atoms with Gasteiger partial charge in [0.05, 0.1) is 27.2 Å². The van der Waals surface area contributed by atoms with E-state index in [1.165, 1.54) is 24.7 Å². The Morgan fingerprint density at radius 3 is 2.56 bits per heavy atom. The maximum Gasteiger partial charge on any atom is 0.227 e. The minimum Gasteiger partial charge on any atom is -0.437 e. The zero-order valence-corrected chi connectivity index (χ0v) is 11.2. The number of rotatable bonds is 3. The standard InChI is InChI=1S/C11H7Cl3N2O2/c12-7-1-9(14)10(2-8(7)13)18-11-6(4-17)3-15-5-16-11/h1-3,5,17H,4H2. The molecular formula is C11H7Cl3N2O2. The number of hydrogen-bond donors (Lipinski definition) is 1. The monoisotopic (exact) mass is 304 g/mol. The Bertz CT molecular complexity index is 578. The van der Waals surface area contributed by atoms with Gasteiger partial charge in [-0.1, -0.05) is 34.8 Å². The van der Waals surface area contributed by atoms with Crippen LogP contribution in [0.25, 0.3) is 0 Å². The predicted octanol–water partition coefficient (Wildman–Crippen LogP) is 3.72. The van der Waals surface area contributed by atoms with E-state index in [1.807, 2.05) is 0 Å². The Balaban J connectivity index is 2.37. The van der Waals surface area contributed by atoms with Gasteiger partial charge in [0.2, 0.25) is 5.88 Å². The molecule has 0 spiro atoms. The van der Waals surface area contributed by atoms with Crippen molar-refractivity contribution in [2.75, 3.05) is 0 Å². The molecular weight excluding hydrogens is 298 g/mol. The lowest BCUT2D eigenvalue weighted by molar-refractivity contribution is 0.274. The molecule has 2 aromatic rings. The summed E-state index contributed by atoms with van der Waals surface area (Å²) in [7, 11) is 0. The quantitative estimate of drug-likeness (QED) is 0.878. The van der Waals surface area contributed by atoms with Crippen molar-refractivity contribution in [2.45, 2.75) is 6.61 Å². The van der Waals surface area contributed by atoms with Crippen molar-refractivity contribution in [1.82, 2.24) is 9.97 Å². The van der Waals surface area contributed by atoms with Gasteiger partial charge in [0.15, 0.2) is 0 Å². The summed E-state index contributed by atoms with van der Waals surface area (Å²) in [5, 5.41) is 10.1. The summed E-state index contributed by atoms with van der Waals surface area (Å²) in [6.07, 6.45) is 2.76. The Kier molecular flexibility index (Phi) is 4.24. The SMILES string of the molecule is OCc1cncnc1Oc1cc(Cl)c(Cl)cc1Cl. The fourth-order valence-corrected chi connectivity index (χ4v) is 1.81. The largest absolute Gasteiger partial charge is 0.437 e. The normalized spacial score (nSPS) is 10.4. The molecule has 0 aliphatic heterocycles. The van der Waals surface area contributed by atoms with Gasteiger partial charge in [0, 0.05) is 12.3 Å². The topological polar surface area (TPSA) is 55.2 Å². The molecule has 0 aliphatic carbocycles. The van der Waals surface area contributed by atoms with E-state index in [2.05, 4.69) is 9.97 Å². The molecule has 18 heavy (non-hydrogen) atoms. The fourth-order valence-electron chi connectivity index (χ4n) is 1.23. The van der Waals surface area contributed by atoms with Gasteiger partial charge in [-0.3, -0.25) is 0 Å². The molecule has 1 N–H and O–H groups in total. The number of benzene rings is 1. The first-order valence-corrected chi connectivity index (χ1v) is 5.97. The van der Waals surface area contributed by atoms with Crippen LogP contribution < -0.4 is 4.74 Å². The van der Waals surface area contributed by atoms with Gasteiger partial charge in [0.25, 0.3) is 0 Å². The van der Waals surface area contributed by atoms with Crippen molar-refractivity contribution in [3.8, 4) is 11.6 Å². The van der Waals surface area contributed by atoms with E-state index < -0.39 is 0 Å². The zero-order valence-electron chi connectivity index (χ0n) is 8.90. The van der Waals surface area contributed by atoms with Crippen LogP contribution in [-0.2, 0) is 6.61 Å². The summed E-state index contributed by atoms with van der Waals surface area (Å²) in [5.41, 5.74) is 0.444. The van der Waals surface area contributed by atoms with Crippen LogP contribution in [0.3, 0.4) is 0 Å². The first-order chi connectivity index (χ1) is 8.61. The maximum atomic E-state index is 9.12.